The Balaban J connectivity index is 3.46. The number of aliphatic hydroxyl groups is 2. The maximum absolute atomic E-state index is 12.5. The second-order valence-corrected chi connectivity index (χ2v) is 22.5. The molecule has 6 nitrogen and oxygen atoms in total. The Morgan fingerprint density at radius 3 is 1.03 bits per heavy atom. The summed E-state index contributed by atoms with van der Waals surface area (Å²) in [6.07, 6.45) is 76.2. The molecule has 0 aromatic carbocycles. The number of aliphatic hydroxyl groups excluding tert-OH is 2. The number of carbonyl (C=O) groups excluding carboxylic acids is 2. The fraction of sp³-hybridized carbons (Fsp3) is 0.909. The Labute approximate surface area is 450 Å². The van der Waals surface area contributed by atoms with E-state index in [1.165, 1.54) is 257 Å². The van der Waals surface area contributed by atoms with E-state index < -0.39 is 12.1 Å². The third-order valence-corrected chi connectivity index (χ3v) is 15.3. The number of hydrogen-bond donors (Lipinski definition) is 3. The molecule has 0 fully saturated rings. The third-order valence-electron chi connectivity index (χ3n) is 15.3. The molecule has 2 atom stereocenters. The Morgan fingerprint density at radius 2 is 0.681 bits per heavy atom. The molecular formula is C66H127NO5. The van der Waals surface area contributed by atoms with Gasteiger partial charge in [-0.25, -0.2) is 0 Å². The largest absolute Gasteiger partial charge is 0.466 e. The van der Waals surface area contributed by atoms with Crippen LogP contribution >= 0.6 is 0 Å². The van der Waals surface area contributed by atoms with Crippen LogP contribution in [0.25, 0.3) is 0 Å². The van der Waals surface area contributed by atoms with Crippen molar-refractivity contribution >= 4 is 11.9 Å². The Hall–Kier alpha value is -1.66. The highest BCUT2D eigenvalue weighted by atomic mass is 16.5. The van der Waals surface area contributed by atoms with Gasteiger partial charge in [0.25, 0.3) is 0 Å². The number of carbonyl (C=O) groups is 2. The van der Waals surface area contributed by atoms with Gasteiger partial charge in [-0.2, -0.15) is 0 Å². The highest BCUT2D eigenvalue weighted by molar-refractivity contribution is 5.76. The van der Waals surface area contributed by atoms with Gasteiger partial charge in [0, 0.05) is 12.8 Å². The minimum atomic E-state index is -0.672. The third kappa shape index (κ3) is 57.6. The summed E-state index contributed by atoms with van der Waals surface area (Å²) in [5.74, 6) is -0.0504. The lowest BCUT2D eigenvalue weighted by Gasteiger charge is -2.22. The van der Waals surface area contributed by atoms with Crippen molar-refractivity contribution in [1.82, 2.24) is 5.32 Å². The van der Waals surface area contributed by atoms with E-state index in [0.29, 0.717) is 25.9 Å². The van der Waals surface area contributed by atoms with Crippen molar-refractivity contribution in [3.63, 3.8) is 0 Å². The number of rotatable bonds is 61. The molecule has 0 heterocycles. The van der Waals surface area contributed by atoms with Gasteiger partial charge in [-0.15, -0.1) is 0 Å². The topological polar surface area (TPSA) is 95.9 Å². The summed E-state index contributed by atoms with van der Waals surface area (Å²) in [6.45, 7) is 4.95. The monoisotopic (exact) mass is 1010 g/mol. The van der Waals surface area contributed by atoms with E-state index in [0.717, 1.165) is 70.6 Å². The number of unbranched alkanes of at least 4 members (excludes halogenated alkanes) is 47. The normalized spacial score (nSPS) is 12.7. The van der Waals surface area contributed by atoms with Crippen molar-refractivity contribution in [2.24, 2.45) is 0 Å². The molecule has 426 valence electrons. The summed E-state index contributed by atoms with van der Waals surface area (Å²) in [6, 6.07) is -0.550. The molecule has 0 spiro atoms. The van der Waals surface area contributed by atoms with E-state index in [2.05, 4.69) is 43.5 Å². The van der Waals surface area contributed by atoms with E-state index in [9.17, 15) is 19.8 Å². The zero-order valence-corrected chi connectivity index (χ0v) is 48.7. The van der Waals surface area contributed by atoms with Crippen LogP contribution < -0.4 is 5.32 Å². The molecule has 3 N–H and O–H groups in total. The van der Waals surface area contributed by atoms with Crippen LogP contribution in [0.1, 0.15) is 361 Å². The summed E-state index contributed by atoms with van der Waals surface area (Å²) < 4.78 is 5.47. The number of amides is 1. The zero-order valence-electron chi connectivity index (χ0n) is 48.7. The average Bonchev–Trinajstić information content (AvgIpc) is 3.38. The minimum absolute atomic E-state index is 0.00908. The van der Waals surface area contributed by atoms with E-state index in [1.807, 2.05) is 0 Å². The van der Waals surface area contributed by atoms with Crippen LogP contribution in [-0.2, 0) is 14.3 Å². The standard InChI is InChI=1S/C66H127NO5/c1-3-5-7-9-11-13-15-17-19-21-22-24-27-30-34-38-42-46-50-54-58-64(69)63(62-68)67-65(70)59-55-51-47-43-39-35-31-28-25-23-26-29-33-37-41-45-49-53-57-61-72-66(71)60-56-52-48-44-40-36-32-20-18-16-14-12-10-8-6-4-2/h29,33,37,41,63-64,68-69H,3-28,30-32,34-36,38-40,42-62H2,1-2H3,(H,67,70)/b33-29-,41-37-. The molecule has 2 unspecified atom stereocenters. The van der Waals surface area contributed by atoms with Gasteiger partial charge in [-0.3, -0.25) is 9.59 Å². The Morgan fingerprint density at radius 1 is 0.389 bits per heavy atom. The number of esters is 1. The van der Waals surface area contributed by atoms with Crippen LogP contribution in [0.3, 0.4) is 0 Å². The molecule has 0 bridgehead atoms. The van der Waals surface area contributed by atoms with Gasteiger partial charge >= 0.3 is 5.97 Å². The molecule has 0 aliphatic carbocycles. The van der Waals surface area contributed by atoms with Crippen LogP contribution in [0.15, 0.2) is 24.3 Å². The maximum Gasteiger partial charge on any atom is 0.305 e. The molecule has 1 amide bonds. The summed E-state index contributed by atoms with van der Waals surface area (Å²) >= 11 is 0. The smallest absolute Gasteiger partial charge is 0.305 e. The quantitative estimate of drug-likeness (QED) is 0.0320. The first-order valence-corrected chi connectivity index (χ1v) is 32.6. The average molecular weight is 1010 g/mol. The summed E-state index contributed by atoms with van der Waals surface area (Å²) in [5, 5.41) is 23.4. The lowest BCUT2D eigenvalue weighted by Crippen LogP contribution is -2.45. The molecule has 0 aromatic rings. The molecular weight excluding hydrogens is 887 g/mol. The highest BCUT2D eigenvalue weighted by Crippen LogP contribution is 2.18. The number of ether oxygens (including phenoxy) is 1. The van der Waals surface area contributed by atoms with Crippen LogP contribution in [0.5, 0.6) is 0 Å². The van der Waals surface area contributed by atoms with Crippen molar-refractivity contribution in [1.29, 1.82) is 0 Å². The van der Waals surface area contributed by atoms with Gasteiger partial charge < -0.3 is 20.3 Å². The van der Waals surface area contributed by atoms with Crippen molar-refractivity contribution in [2.45, 2.75) is 373 Å². The van der Waals surface area contributed by atoms with Gasteiger partial charge in [0.15, 0.2) is 0 Å². The van der Waals surface area contributed by atoms with E-state index in [4.69, 9.17) is 4.74 Å². The van der Waals surface area contributed by atoms with Crippen LogP contribution in [-0.4, -0.2) is 47.4 Å². The van der Waals surface area contributed by atoms with Gasteiger partial charge in [0.1, 0.15) is 0 Å². The van der Waals surface area contributed by atoms with E-state index in [-0.39, 0.29) is 18.5 Å². The summed E-state index contributed by atoms with van der Waals surface area (Å²) in [7, 11) is 0. The molecule has 0 aliphatic heterocycles. The van der Waals surface area contributed by atoms with Crippen molar-refractivity contribution < 1.29 is 24.5 Å². The predicted octanol–water partition coefficient (Wildman–Crippen LogP) is 20.6. The van der Waals surface area contributed by atoms with Gasteiger partial charge in [0.2, 0.25) is 5.91 Å². The van der Waals surface area contributed by atoms with E-state index in [1.54, 1.807) is 0 Å². The molecule has 6 heteroatoms. The first-order valence-electron chi connectivity index (χ1n) is 32.6. The second kappa shape index (κ2) is 61.9. The van der Waals surface area contributed by atoms with Gasteiger partial charge in [-0.1, -0.05) is 314 Å². The van der Waals surface area contributed by atoms with Crippen LogP contribution in [0, 0.1) is 0 Å². The number of nitrogens with one attached hydrogen (secondary N) is 1. The number of hydrogen-bond acceptors (Lipinski definition) is 5. The fourth-order valence-corrected chi connectivity index (χ4v) is 10.3. The van der Waals surface area contributed by atoms with Gasteiger partial charge in [-0.05, 0) is 57.8 Å². The summed E-state index contributed by atoms with van der Waals surface area (Å²) in [5.41, 5.74) is 0. The van der Waals surface area contributed by atoms with Crippen molar-refractivity contribution in [3.05, 3.63) is 24.3 Å². The maximum atomic E-state index is 12.5. The Kier molecular flexibility index (Phi) is 60.5. The first kappa shape index (κ1) is 70.3. The first-order chi connectivity index (χ1) is 35.5. The molecule has 0 saturated heterocycles. The molecule has 0 rings (SSSR count). The van der Waals surface area contributed by atoms with Crippen molar-refractivity contribution in [3.8, 4) is 0 Å². The lowest BCUT2D eigenvalue weighted by molar-refractivity contribution is -0.143. The van der Waals surface area contributed by atoms with Crippen LogP contribution in [0.4, 0.5) is 0 Å². The molecule has 0 aromatic heterocycles. The fourth-order valence-electron chi connectivity index (χ4n) is 10.3. The molecule has 0 aliphatic rings. The molecule has 72 heavy (non-hydrogen) atoms. The molecule has 0 radical (unpaired) electrons. The summed E-state index contributed by atoms with van der Waals surface area (Å²) in [4.78, 5) is 24.6. The van der Waals surface area contributed by atoms with Crippen LogP contribution in [0.2, 0.25) is 0 Å². The zero-order chi connectivity index (χ0) is 52.2. The molecule has 0 saturated carbocycles. The lowest BCUT2D eigenvalue weighted by atomic mass is 10.0. The Bertz CT molecular complexity index is 1120. The highest BCUT2D eigenvalue weighted by Gasteiger charge is 2.20. The number of allylic oxidation sites excluding steroid dienone is 4. The van der Waals surface area contributed by atoms with E-state index >= 15 is 0 Å². The minimum Gasteiger partial charge on any atom is -0.466 e. The predicted molar refractivity (Wildman–Crippen MR) is 315 cm³/mol. The van der Waals surface area contributed by atoms with Crippen molar-refractivity contribution in [2.75, 3.05) is 13.2 Å². The second-order valence-electron chi connectivity index (χ2n) is 22.5. The SMILES string of the molecule is CCCCCCCCCCCCCCCCCCCCCCC(O)C(CO)NC(=O)CCCCCCCCCCCC/C=C\C=C/CCCCCOC(=O)CCCCCCCCCCCCCCCCCC. The van der Waals surface area contributed by atoms with Gasteiger partial charge in [0.05, 0.1) is 25.4 Å².